The molecule has 3 aliphatic rings. The number of hydrogen-bond donors (Lipinski definition) is 1. The van der Waals surface area contributed by atoms with Crippen molar-refractivity contribution in [2.75, 3.05) is 13.2 Å². The molecular formula is C13H18O4. The fraction of sp³-hybridized carbons (Fsp3) is 0.769. The number of hydrogen-bond acceptors (Lipinski definition) is 4. The summed E-state index contributed by atoms with van der Waals surface area (Å²) in [6.07, 6.45) is 4.18. The van der Waals surface area contributed by atoms with Gasteiger partial charge < -0.3 is 14.6 Å². The van der Waals surface area contributed by atoms with Crippen LogP contribution in [0.25, 0.3) is 0 Å². The Morgan fingerprint density at radius 1 is 1.35 bits per heavy atom. The monoisotopic (exact) mass is 238 g/mol. The van der Waals surface area contributed by atoms with Gasteiger partial charge in [0.25, 0.3) is 0 Å². The molecule has 0 aromatic carbocycles. The largest absolute Gasteiger partial charge is 0.389 e. The third-order valence-electron chi connectivity index (χ3n) is 4.17. The maximum Gasteiger partial charge on any atom is 0.174 e. The molecule has 0 bridgehead atoms. The smallest absolute Gasteiger partial charge is 0.174 e. The van der Waals surface area contributed by atoms with Crippen molar-refractivity contribution in [2.45, 2.75) is 44.0 Å². The Bertz CT molecular complexity index is 371. The minimum absolute atomic E-state index is 0.0593. The van der Waals surface area contributed by atoms with Crippen LogP contribution in [0.15, 0.2) is 11.6 Å². The molecule has 94 valence electrons. The molecule has 1 atom stereocenters. The Morgan fingerprint density at radius 3 is 2.59 bits per heavy atom. The molecule has 3 rings (SSSR count). The molecule has 1 heterocycles. The number of carbonyl (C=O) groups excluding carboxylic acids is 1. The van der Waals surface area contributed by atoms with E-state index in [1.807, 2.05) is 6.92 Å². The lowest BCUT2D eigenvalue weighted by Crippen LogP contribution is -2.62. The molecule has 0 radical (unpaired) electrons. The van der Waals surface area contributed by atoms with Gasteiger partial charge in [0.15, 0.2) is 11.6 Å². The molecular weight excluding hydrogens is 220 g/mol. The Hall–Kier alpha value is -0.710. The number of allylic oxidation sites excluding steroid dienone is 2. The third kappa shape index (κ3) is 1.75. The van der Waals surface area contributed by atoms with Gasteiger partial charge in [0.05, 0.1) is 24.7 Å². The molecule has 1 saturated carbocycles. The van der Waals surface area contributed by atoms with Crippen LogP contribution in [0, 0.1) is 5.92 Å². The Morgan fingerprint density at radius 2 is 2.00 bits per heavy atom. The summed E-state index contributed by atoms with van der Waals surface area (Å²) in [5, 5.41) is 10.5. The molecule has 2 fully saturated rings. The summed E-state index contributed by atoms with van der Waals surface area (Å²) < 4.78 is 11.0. The minimum atomic E-state index is -0.918. The van der Waals surface area contributed by atoms with Crippen LogP contribution in [0.2, 0.25) is 0 Å². The quantitative estimate of drug-likeness (QED) is 0.745. The van der Waals surface area contributed by atoms with E-state index >= 15 is 0 Å². The van der Waals surface area contributed by atoms with E-state index in [0.29, 0.717) is 26.1 Å². The zero-order chi connectivity index (χ0) is 12.1. The highest BCUT2D eigenvalue weighted by Crippen LogP contribution is 2.52. The Labute approximate surface area is 101 Å². The van der Waals surface area contributed by atoms with Crippen molar-refractivity contribution in [2.24, 2.45) is 5.92 Å². The first kappa shape index (κ1) is 11.4. The molecule has 0 aromatic heterocycles. The van der Waals surface area contributed by atoms with Gasteiger partial charge in [-0.15, -0.1) is 0 Å². The van der Waals surface area contributed by atoms with Crippen molar-refractivity contribution in [1.82, 2.24) is 0 Å². The molecule has 1 saturated heterocycles. The lowest BCUT2D eigenvalue weighted by atomic mass is 9.63. The standard InChI is InChI=1S/C13H18O4/c1-9-2-3-10(11(14)6-9)12(15)7-13(8-12)16-4-5-17-13/h6,10,15H,2-5,7-8H2,1H3. The average molecular weight is 238 g/mol. The van der Waals surface area contributed by atoms with Gasteiger partial charge in [-0.2, -0.15) is 0 Å². The summed E-state index contributed by atoms with van der Waals surface area (Å²) in [6.45, 7) is 3.14. The van der Waals surface area contributed by atoms with E-state index in [1.165, 1.54) is 0 Å². The van der Waals surface area contributed by atoms with E-state index in [1.54, 1.807) is 6.08 Å². The van der Waals surface area contributed by atoms with E-state index < -0.39 is 11.4 Å². The highest BCUT2D eigenvalue weighted by molar-refractivity contribution is 5.94. The molecule has 1 aliphatic heterocycles. The second-order valence-corrected chi connectivity index (χ2v) is 5.55. The highest BCUT2D eigenvalue weighted by atomic mass is 16.7. The van der Waals surface area contributed by atoms with Gasteiger partial charge in [-0.1, -0.05) is 5.57 Å². The Balaban J connectivity index is 1.72. The van der Waals surface area contributed by atoms with Crippen LogP contribution in [0.5, 0.6) is 0 Å². The fourth-order valence-corrected chi connectivity index (χ4v) is 3.29. The van der Waals surface area contributed by atoms with Gasteiger partial charge in [-0.3, -0.25) is 4.79 Å². The number of carbonyl (C=O) groups is 1. The molecule has 17 heavy (non-hydrogen) atoms. The molecule has 1 N–H and O–H groups in total. The third-order valence-corrected chi connectivity index (χ3v) is 4.17. The topological polar surface area (TPSA) is 55.8 Å². The van der Waals surface area contributed by atoms with E-state index in [-0.39, 0.29) is 11.7 Å². The number of ketones is 1. The normalized spacial score (nSPS) is 34.6. The van der Waals surface area contributed by atoms with Gasteiger partial charge in [-0.25, -0.2) is 0 Å². The second kappa shape index (κ2) is 3.64. The molecule has 4 nitrogen and oxygen atoms in total. The van der Waals surface area contributed by atoms with Crippen LogP contribution in [0.4, 0.5) is 0 Å². The van der Waals surface area contributed by atoms with Crippen LogP contribution in [0.1, 0.15) is 32.6 Å². The van der Waals surface area contributed by atoms with E-state index in [2.05, 4.69) is 0 Å². The van der Waals surface area contributed by atoms with Gasteiger partial charge in [0.1, 0.15) is 0 Å². The maximum atomic E-state index is 11.9. The number of ether oxygens (including phenoxy) is 2. The minimum Gasteiger partial charge on any atom is -0.389 e. The van der Waals surface area contributed by atoms with Crippen LogP contribution in [-0.4, -0.2) is 35.5 Å². The Kier molecular flexibility index (Phi) is 2.44. The van der Waals surface area contributed by atoms with Crippen LogP contribution in [0.3, 0.4) is 0 Å². The van der Waals surface area contributed by atoms with Crippen LogP contribution < -0.4 is 0 Å². The summed E-state index contributed by atoms with van der Waals surface area (Å²) >= 11 is 0. The summed E-state index contributed by atoms with van der Waals surface area (Å²) in [5.41, 5.74) is 0.191. The summed E-state index contributed by atoms with van der Waals surface area (Å²) in [7, 11) is 0. The van der Waals surface area contributed by atoms with Crippen molar-refractivity contribution in [3.05, 3.63) is 11.6 Å². The van der Waals surface area contributed by atoms with E-state index in [4.69, 9.17) is 9.47 Å². The summed E-state index contributed by atoms with van der Waals surface area (Å²) in [4.78, 5) is 11.9. The zero-order valence-electron chi connectivity index (χ0n) is 10.1. The number of aliphatic hydroxyl groups is 1. The van der Waals surface area contributed by atoms with Gasteiger partial charge in [0, 0.05) is 12.8 Å². The molecule has 4 heteroatoms. The molecule has 1 unspecified atom stereocenters. The fourth-order valence-electron chi connectivity index (χ4n) is 3.29. The predicted octanol–water partition coefficient (Wildman–Crippen LogP) is 1.18. The lowest BCUT2D eigenvalue weighted by molar-refractivity contribution is -0.295. The summed E-state index contributed by atoms with van der Waals surface area (Å²) in [6, 6.07) is 0. The van der Waals surface area contributed by atoms with E-state index in [0.717, 1.165) is 18.4 Å². The van der Waals surface area contributed by atoms with Crippen molar-refractivity contribution < 1.29 is 19.4 Å². The van der Waals surface area contributed by atoms with Gasteiger partial charge in [-0.05, 0) is 25.8 Å². The lowest BCUT2D eigenvalue weighted by Gasteiger charge is -2.52. The van der Waals surface area contributed by atoms with E-state index in [9.17, 15) is 9.90 Å². The SMILES string of the molecule is CC1=CC(=O)C(C2(O)CC3(C2)OCCO3)CC1. The van der Waals surface area contributed by atoms with Crippen molar-refractivity contribution in [1.29, 1.82) is 0 Å². The van der Waals surface area contributed by atoms with Gasteiger partial charge >= 0.3 is 0 Å². The average Bonchev–Trinajstić information content (AvgIpc) is 2.65. The second-order valence-electron chi connectivity index (χ2n) is 5.55. The molecule has 1 spiro atoms. The van der Waals surface area contributed by atoms with Crippen molar-refractivity contribution >= 4 is 5.78 Å². The summed E-state index contributed by atoms with van der Waals surface area (Å²) in [5.74, 6) is -0.806. The first-order valence-corrected chi connectivity index (χ1v) is 6.24. The van der Waals surface area contributed by atoms with Crippen molar-refractivity contribution in [3.8, 4) is 0 Å². The van der Waals surface area contributed by atoms with Crippen LogP contribution in [-0.2, 0) is 14.3 Å². The predicted molar refractivity (Wildman–Crippen MR) is 60.3 cm³/mol. The first-order chi connectivity index (χ1) is 8.03. The van der Waals surface area contributed by atoms with Gasteiger partial charge in [0.2, 0.25) is 0 Å². The molecule has 0 amide bonds. The maximum absolute atomic E-state index is 11.9. The highest BCUT2D eigenvalue weighted by Gasteiger charge is 2.62. The molecule has 2 aliphatic carbocycles. The number of rotatable bonds is 1. The van der Waals surface area contributed by atoms with Crippen molar-refractivity contribution in [3.63, 3.8) is 0 Å². The first-order valence-electron chi connectivity index (χ1n) is 6.24. The zero-order valence-corrected chi connectivity index (χ0v) is 10.1. The molecule has 0 aromatic rings. The van der Waals surface area contributed by atoms with Crippen LogP contribution >= 0.6 is 0 Å².